The highest BCUT2D eigenvalue weighted by atomic mass is 35.5. The molecule has 1 radical (unpaired) electrons. The number of nitrogens with zero attached hydrogens (tertiary/aromatic N) is 3. The smallest absolute Gasteiger partial charge is 0.296 e. The van der Waals surface area contributed by atoms with Crippen LogP contribution in [0.4, 0.5) is 13.2 Å². The first kappa shape index (κ1) is 21.4. The van der Waals surface area contributed by atoms with E-state index >= 15 is 0 Å². The first-order valence-electron chi connectivity index (χ1n) is 9.92. The van der Waals surface area contributed by atoms with Gasteiger partial charge in [0, 0.05) is 24.5 Å². The zero-order valence-electron chi connectivity index (χ0n) is 16.7. The van der Waals surface area contributed by atoms with Gasteiger partial charge in [-0.15, -0.1) is 0 Å². The highest BCUT2D eigenvalue weighted by Crippen LogP contribution is 2.38. The predicted octanol–water partition coefficient (Wildman–Crippen LogP) is 6.64. The highest BCUT2D eigenvalue weighted by molar-refractivity contribution is 6.32. The van der Waals surface area contributed by atoms with Gasteiger partial charge < -0.3 is 0 Å². The molecule has 0 unspecified atom stereocenters. The van der Waals surface area contributed by atoms with E-state index in [1.54, 1.807) is 6.20 Å². The summed E-state index contributed by atoms with van der Waals surface area (Å²) >= 11 is 6.01. The van der Waals surface area contributed by atoms with Crippen LogP contribution in [-0.2, 0) is 25.4 Å². The Morgan fingerprint density at radius 3 is 2.42 bits per heavy atom. The van der Waals surface area contributed by atoms with Crippen LogP contribution < -0.4 is 0 Å². The Labute approximate surface area is 183 Å². The lowest BCUT2D eigenvalue weighted by atomic mass is 10.1. The molecule has 31 heavy (non-hydrogen) atoms. The summed E-state index contributed by atoms with van der Waals surface area (Å²) in [6.07, 6.45) is 1.84. The summed E-state index contributed by atoms with van der Waals surface area (Å²) in [6, 6.07) is 14.0. The Kier molecular flexibility index (Phi) is 6.01. The van der Waals surface area contributed by atoms with Crippen LogP contribution in [0.3, 0.4) is 0 Å². The van der Waals surface area contributed by atoms with Gasteiger partial charge in [0.05, 0.1) is 21.6 Å². The molecule has 0 N–H and O–H groups in total. The van der Waals surface area contributed by atoms with Gasteiger partial charge >= 0.3 is 6.18 Å². The highest BCUT2D eigenvalue weighted by Gasteiger charge is 2.34. The van der Waals surface area contributed by atoms with E-state index in [1.807, 2.05) is 47.2 Å². The third kappa shape index (κ3) is 4.59. The molecule has 7 heteroatoms. The Bertz CT molecular complexity index is 1180. The minimum atomic E-state index is -4.54. The number of aromatic nitrogens is 3. The van der Waals surface area contributed by atoms with E-state index in [0.29, 0.717) is 24.2 Å². The van der Waals surface area contributed by atoms with Gasteiger partial charge in [-0.3, -0.25) is 9.55 Å². The summed E-state index contributed by atoms with van der Waals surface area (Å²) in [5.41, 5.74) is 2.95. The molecule has 0 aliphatic rings. The number of benzene rings is 2. The molecule has 0 aliphatic heterocycles. The van der Waals surface area contributed by atoms with Gasteiger partial charge in [0.25, 0.3) is 0 Å². The normalized spacial score (nSPS) is 11.9. The van der Waals surface area contributed by atoms with Crippen LogP contribution in [0.25, 0.3) is 16.7 Å². The SMILES string of the molecule is [CH2]Cc1ccc(-n2c(CCCc3cccnc3)nc3cc(C(F)(F)F)c(Cl)cc32)cc1. The van der Waals surface area contributed by atoms with Crippen molar-refractivity contribution >= 4 is 22.6 Å². The van der Waals surface area contributed by atoms with Crippen molar-refractivity contribution in [1.29, 1.82) is 0 Å². The molecule has 2 aromatic carbocycles. The zero-order valence-corrected chi connectivity index (χ0v) is 17.4. The third-order valence-electron chi connectivity index (χ3n) is 5.19. The van der Waals surface area contributed by atoms with Crippen LogP contribution in [0.1, 0.15) is 28.9 Å². The number of rotatable bonds is 6. The lowest BCUT2D eigenvalue weighted by Crippen LogP contribution is -2.06. The molecule has 4 aromatic rings. The molecular formula is C24H20ClF3N3. The van der Waals surface area contributed by atoms with Crippen LogP contribution in [-0.4, -0.2) is 14.5 Å². The van der Waals surface area contributed by atoms with E-state index in [2.05, 4.69) is 16.9 Å². The Hall–Kier alpha value is -2.86. The maximum absolute atomic E-state index is 13.3. The number of imidazole rings is 1. The average Bonchev–Trinajstić information content (AvgIpc) is 3.10. The largest absolute Gasteiger partial charge is 0.417 e. The molecule has 0 spiro atoms. The molecule has 3 nitrogen and oxygen atoms in total. The number of fused-ring (bicyclic) bond motifs is 1. The first-order valence-corrected chi connectivity index (χ1v) is 10.3. The fourth-order valence-electron chi connectivity index (χ4n) is 3.63. The summed E-state index contributed by atoms with van der Waals surface area (Å²) in [6.45, 7) is 3.88. The van der Waals surface area contributed by atoms with E-state index in [-0.39, 0.29) is 10.5 Å². The van der Waals surface area contributed by atoms with Crippen LogP contribution >= 0.6 is 11.6 Å². The molecule has 0 saturated carbocycles. The number of alkyl halides is 3. The second-order valence-electron chi connectivity index (χ2n) is 7.31. The molecule has 0 bridgehead atoms. The first-order chi connectivity index (χ1) is 14.9. The van der Waals surface area contributed by atoms with Gasteiger partial charge in [0.1, 0.15) is 5.82 Å². The molecule has 0 fully saturated rings. The van der Waals surface area contributed by atoms with Crippen LogP contribution in [0.15, 0.2) is 60.9 Å². The van der Waals surface area contributed by atoms with E-state index < -0.39 is 11.7 Å². The number of hydrogen-bond acceptors (Lipinski definition) is 2. The third-order valence-corrected chi connectivity index (χ3v) is 5.50. The molecule has 0 atom stereocenters. The lowest BCUT2D eigenvalue weighted by Gasteiger charge is -2.12. The number of hydrogen-bond donors (Lipinski definition) is 0. The number of halogens is 4. The van der Waals surface area contributed by atoms with Crippen molar-refractivity contribution in [2.45, 2.75) is 31.9 Å². The van der Waals surface area contributed by atoms with Gasteiger partial charge in [-0.2, -0.15) is 13.2 Å². The Balaban J connectivity index is 1.76. The van der Waals surface area contributed by atoms with Crippen LogP contribution in [0.2, 0.25) is 5.02 Å². The minimum absolute atomic E-state index is 0.273. The van der Waals surface area contributed by atoms with Crippen molar-refractivity contribution in [3.05, 3.63) is 95.4 Å². The van der Waals surface area contributed by atoms with Crippen molar-refractivity contribution in [3.8, 4) is 5.69 Å². The van der Waals surface area contributed by atoms with Crippen LogP contribution in [0, 0.1) is 6.92 Å². The average molecular weight is 443 g/mol. The topological polar surface area (TPSA) is 30.7 Å². The second-order valence-corrected chi connectivity index (χ2v) is 7.72. The van der Waals surface area contributed by atoms with E-state index in [0.717, 1.165) is 35.7 Å². The van der Waals surface area contributed by atoms with Gasteiger partial charge in [0.15, 0.2) is 0 Å². The van der Waals surface area contributed by atoms with Crippen molar-refractivity contribution < 1.29 is 13.2 Å². The van der Waals surface area contributed by atoms with Crippen molar-refractivity contribution in [1.82, 2.24) is 14.5 Å². The summed E-state index contributed by atoms with van der Waals surface area (Å²) in [7, 11) is 0. The zero-order chi connectivity index (χ0) is 22.0. The maximum atomic E-state index is 13.3. The summed E-state index contributed by atoms with van der Waals surface area (Å²) in [4.78, 5) is 8.68. The summed E-state index contributed by atoms with van der Waals surface area (Å²) in [5, 5.41) is -0.336. The van der Waals surface area contributed by atoms with Gasteiger partial charge in [0.2, 0.25) is 0 Å². The molecule has 4 rings (SSSR count). The van der Waals surface area contributed by atoms with E-state index in [1.165, 1.54) is 6.07 Å². The second kappa shape index (κ2) is 8.71. The van der Waals surface area contributed by atoms with E-state index in [4.69, 9.17) is 11.6 Å². The number of aryl methyl sites for hydroxylation is 2. The Morgan fingerprint density at radius 1 is 1.00 bits per heavy atom. The van der Waals surface area contributed by atoms with E-state index in [9.17, 15) is 13.2 Å². The molecule has 159 valence electrons. The number of pyridine rings is 1. The van der Waals surface area contributed by atoms with Gasteiger partial charge in [-0.1, -0.05) is 29.8 Å². The molecule has 2 heterocycles. The summed E-state index contributed by atoms with van der Waals surface area (Å²) < 4.78 is 41.9. The molecular weight excluding hydrogens is 423 g/mol. The van der Waals surface area contributed by atoms with Gasteiger partial charge in [-0.25, -0.2) is 4.98 Å². The standard InChI is InChI=1S/C24H20ClF3N3/c1-2-16-8-10-18(11-9-16)31-22-14-20(25)19(24(26,27)28)13-21(22)30-23(31)7-3-5-17-6-4-12-29-15-17/h4,6,8-15H,1-3,5,7H2. The fraction of sp³-hybridized carbons (Fsp3) is 0.208. The quantitative estimate of drug-likeness (QED) is 0.335. The Morgan fingerprint density at radius 2 is 1.77 bits per heavy atom. The van der Waals surface area contributed by atoms with Crippen molar-refractivity contribution in [3.63, 3.8) is 0 Å². The summed E-state index contributed by atoms with van der Waals surface area (Å²) in [5.74, 6) is 0.691. The molecule has 0 aliphatic carbocycles. The monoisotopic (exact) mass is 442 g/mol. The fourth-order valence-corrected chi connectivity index (χ4v) is 3.89. The van der Waals surface area contributed by atoms with Crippen LogP contribution in [0.5, 0.6) is 0 Å². The molecule has 0 amide bonds. The van der Waals surface area contributed by atoms with Gasteiger partial charge in [-0.05, 0) is 67.6 Å². The maximum Gasteiger partial charge on any atom is 0.417 e. The lowest BCUT2D eigenvalue weighted by molar-refractivity contribution is -0.137. The van der Waals surface area contributed by atoms with Crippen molar-refractivity contribution in [2.24, 2.45) is 0 Å². The minimum Gasteiger partial charge on any atom is -0.296 e. The predicted molar refractivity (Wildman–Crippen MR) is 116 cm³/mol. The molecule has 0 saturated heterocycles. The van der Waals surface area contributed by atoms with Crippen molar-refractivity contribution in [2.75, 3.05) is 0 Å². The molecule has 2 aromatic heterocycles.